The van der Waals surface area contributed by atoms with Crippen LogP contribution in [0, 0.1) is 4.77 Å². The van der Waals surface area contributed by atoms with E-state index >= 15 is 0 Å². The van der Waals surface area contributed by atoms with Crippen LogP contribution >= 0.6 is 28.1 Å². The van der Waals surface area contributed by atoms with Gasteiger partial charge in [-0.3, -0.25) is 14.2 Å². The lowest BCUT2D eigenvalue weighted by atomic mass is 9.98. The number of benzene rings is 1. The van der Waals surface area contributed by atoms with Crippen molar-refractivity contribution < 1.29 is 27.5 Å². The Bertz CT molecular complexity index is 1740. The smallest absolute Gasteiger partial charge is 0.417 e. The minimum absolute atomic E-state index is 0.0150. The molecular weight excluding hydrogens is 677 g/mol. The van der Waals surface area contributed by atoms with Crippen molar-refractivity contribution in [2.45, 2.75) is 58.5 Å². The Kier molecular flexibility index (Phi) is 8.88. The Balaban J connectivity index is 1.32. The van der Waals surface area contributed by atoms with Gasteiger partial charge in [-0.2, -0.15) is 13.2 Å². The molecule has 45 heavy (non-hydrogen) atoms. The first-order chi connectivity index (χ1) is 21.0. The SMILES string of the molecule is C[C@@H]1Cc2c([nH]c(=S)n(-c3ccc(N4CCN(C(=O)OC(C)(C)C)CC4)nc3)c2=O)CN1C(=O)c1ccc(Br)c(C(F)(F)F)c1. The number of piperazine rings is 1. The van der Waals surface area contributed by atoms with Gasteiger partial charge in [0.1, 0.15) is 11.4 Å². The first-order valence-electron chi connectivity index (χ1n) is 14.3. The summed E-state index contributed by atoms with van der Waals surface area (Å²) in [5.41, 5.74) is -0.631. The minimum Gasteiger partial charge on any atom is -0.444 e. The molecule has 240 valence electrons. The van der Waals surface area contributed by atoms with E-state index < -0.39 is 29.3 Å². The number of fused-ring (bicyclic) bond motifs is 1. The molecular formula is C30H32BrF3N6O4S. The molecule has 2 amide bonds. The van der Waals surface area contributed by atoms with Crippen LogP contribution in [0.2, 0.25) is 0 Å². The summed E-state index contributed by atoms with van der Waals surface area (Å²) in [5, 5.41) is 0. The summed E-state index contributed by atoms with van der Waals surface area (Å²) < 4.78 is 47.1. The first kappa shape index (κ1) is 32.7. The highest BCUT2D eigenvalue weighted by Crippen LogP contribution is 2.36. The summed E-state index contributed by atoms with van der Waals surface area (Å²) in [6, 6.07) is 6.43. The molecule has 0 spiro atoms. The van der Waals surface area contributed by atoms with Gasteiger partial charge in [0.15, 0.2) is 4.77 Å². The molecule has 0 unspecified atom stereocenters. The maximum absolute atomic E-state index is 13.7. The molecule has 1 atom stereocenters. The molecule has 1 saturated heterocycles. The van der Waals surface area contributed by atoms with E-state index in [0.29, 0.717) is 48.9 Å². The Morgan fingerprint density at radius 1 is 1.09 bits per heavy atom. The van der Waals surface area contributed by atoms with Gasteiger partial charge in [0.2, 0.25) is 0 Å². The van der Waals surface area contributed by atoms with Gasteiger partial charge < -0.3 is 24.4 Å². The predicted octanol–water partition coefficient (Wildman–Crippen LogP) is 5.72. The average Bonchev–Trinajstić information content (AvgIpc) is 2.96. The fourth-order valence-electron chi connectivity index (χ4n) is 5.38. The van der Waals surface area contributed by atoms with Crippen LogP contribution in [0.15, 0.2) is 45.8 Å². The highest BCUT2D eigenvalue weighted by Gasteiger charge is 2.36. The average molecular weight is 710 g/mol. The second-order valence-electron chi connectivity index (χ2n) is 12.0. The zero-order chi connectivity index (χ0) is 32.8. The van der Waals surface area contributed by atoms with Crippen LogP contribution in [-0.4, -0.2) is 74.2 Å². The summed E-state index contributed by atoms with van der Waals surface area (Å²) in [5.74, 6) is 0.106. The third-order valence-electron chi connectivity index (χ3n) is 7.67. The predicted molar refractivity (Wildman–Crippen MR) is 167 cm³/mol. The largest absolute Gasteiger partial charge is 0.444 e. The van der Waals surface area contributed by atoms with Crippen LogP contribution in [0.25, 0.3) is 5.69 Å². The molecule has 1 N–H and O–H groups in total. The Morgan fingerprint density at radius 2 is 1.78 bits per heavy atom. The summed E-state index contributed by atoms with van der Waals surface area (Å²) in [7, 11) is 0. The topological polar surface area (TPSA) is 104 Å². The number of nitrogens with one attached hydrogen (secondary N) is 1. The standard InChI is InChI=1S/C30H32BrF3N6O4S/c1-17-13-20-23(16-39(17)25(41)18-5-7-22(31)21(14-18)30(32,33)34)36-27(45)40(26(20)42)19-6-8-24(35-15-19)37-9-11-38(12-10-37)28(43)44-29(2,3)4/h5-8,14-15,17H,9-13,16H2,1-4H3,(H,36,45)/t17-/m1/s1. The molecule has 2 aliphatic heterocycles. The summed E-state index contributed by atoms with van der Waals surface area (Å²) in [6.45, 7) is 9.30. The van der Waals surface area contributed by atoms with Crippen molar-refractivity contribution in [3.05, 3.63) is 78.5 Å². The van der Waals surface area contributed by atoms with E-state index in [1.165, 1.54) is 21.6 Å². The van der Waals surface area contributed by atoms with E-state index in [4.69, 9.17) is 17.0 Å². The van der Waals surface area contributed by atoms with Gasteiger partial charge in [0.05, 0.1) is 24.0 Å². The fourth-order valence-corrected chi connectivity index (χ4v) is 6.17. The maximum atomic E-state index is 13.7. The molecule has 2 aliphatic rings. The molecule has 1 aromatic carbocycles. The molecule has 0 radical (unpaired) electrons. The van der Waals surface area contributed by atoms with Crippen molar-refractivity contribution in [1.82, 2.24) is 24.3 Å². The van der Waals surface area contributed by atoms with E-state index in [1.807, 2.05) is 25.7 Å². The normalized spacial score (nSPS) is 17.2. The number of H-pyrrole nitrogens is 1. The molecule has 0 aliphatic carbocycles. The van der Waals surface area contributed by atoms with Gasteiger partial charge in [-0.15, -0.1) is 0 Å². The summed E-state index contributed by atoms with van der Waals surface area (Å²) in [6.07, 6.45) is -3.24. The van der Waals surface area contributed by atoms with Gasteiger partial charge in [0.25, 0.3) is 11.5 Å². The Labute approximate surface area is 270 Å². The fraction of sp³-hybridized carbons (Fsp3) is 0.433. The number of anilines is 1. The van der Waals surface area contributed by atoms with Crippen molar-refractivity contribution in [3.8, 4) is 5.69 Å². The van der Waals surface area contributed by atoms with Crippen LogP contribution in [0.4, 0.5) is 23.8 Å². The third kappa shape index (κ3) is 6.93. The van der Waals surface area contributed by atoms with Gasteiger partial charge in [-0.1, -0.05) is 15.9 Å². The van der Waals surface area contributed by atoms with Crippen LogP contribution in [0.3, 0.4) is 0 Å². The molecule has 4 heterocycles. The van der Waals surface area contributed by atoms with Crippen molar-refractivity contribution in [2.75, 3.05) is 31.1 Å². The van der Waals surface area contributed by atoms with Crippen molar-refractivity contribution in [2.24, 2.45) is 0 Å². The molecule has 3 aromatic rings. The van der Waals surface area contributed by atoms with Crippen LogP contribution in [-0.2, 0) is 23.9 Å². The number of alkyl halides is 3. The van der Waals surface area contributed by atoms with E-state index in [2.05, 4.69) is 25.9 Å². The number of halogens is 4. The van der Waals surface area contributed by atoms with Gasteiger partial charge in [0, 0.05) is 53.5 Å². The Hall–Kier alpha value is -3.72. The number of hydrogen-bond donors (Lipinski definition) is 1. The molecule has 0 bridgehead atoms. The number of ether oxygens (including phenoxy) is 1. The van der Waals surface area contributed by atoms with E-state index in [0.717, 1.165) is 6.07 Å². The lowest BCUT2D eigenvalue weighted by Crippen LogP contribution is -2.50. The number of aromatic nitrogens is 3. The zero-order valence-electron chi connectivity index (χ0n) is 25.1. The number of carbonyl (C=O) groups is 2. The van der Waals surface area contributed by atoms with E-state index in [1.54, 1.807) is 30.2 Å². The molecule has 0 saturated carbocycles. The quantitative estimate of drug-likeness (QED) is 0.348. The minimum atomic E-state index is -4.63. The van der Waals surface area contributed by atoms with Gasteiger partial charge >= 0.3 is 12.3 Å². The summed E-state index contributed by atoms with van der Waals surface area (Å²) in [4.78, 5) is 52.1. The molecule has 1 fully saturated rings. The second kappa shape index (κ2) is 12.2. The van der Waals surface area contributed by atoms with Crippen molar-refractivity contribution >= 4 is 46.0 Å². The van der Waals surface area contributed by atoms with Crippen molar-refractivity contribution in [3.63, 3.8) is 0 Å². The molecule has 5 rings (SSSR count). The lowest BCUT2D eigenvalue weighted by Gasteiger charge is -2.36. The van der Waals surface area contributed by atoms with Crippen molar-refractivity contribution in [1.29, 1.82) is 0 Å². The van der Waals surface area contributed by atoms with E-state index in [9.17, 15) is 27.6 Å². The maximum Gasteiger partial charge on any atom is 0.417 e. The number of carbonyl (C=O) groups excluding carboxylic acids is 2. The number of pyridine rings is 1. The number of nitrogens with zero attached hydrogens (tertiary/aromatic N) is 5. The molecule has 10 nitrogen and oxygen atoms in total. The number of hydrogen-bond acceptors (Lipinski definition) is 7. The lowest BCUT2D eigenvalue weighted by molar-refractivity contribution is -0.138. The van der Waals surface area contributed by atoms with Crippen LogP contribution < -0.4 is 10.5 Å². The number of amides is 2. The Morgan fingerprint density at radius 3 is 2.38 bits per heavy atom. The van der Waals surface area contributed by atoms with Gasteiger partial charge in [-0.05, 0) is 76.7 Å². The third-order valence-corrected chi connectivity index (χ3v) is 8.65. The summed E-state index contributed by atoms with van der Waals surface area (Å²) >= 11 is 8.43. The zero-order valence-corrected chi connectivity index (χ0v) is 27.5. The van der Waals surface area contributed by atoms with E-state index in [-0.39, 0.29) is 39.4 Å². The molecule has 2 aromatic heterocycles. The number of rotatable bonds is 3. The van der Waals surface area contributed by atoms with Crippen LogP contribution in [0.1, 0.15) is 54.9 Å². The number of aromatic amines is 1. The highest BCUT2D eigenvalue weighted by atomic mass is 79.9. The molecule has 15 heteroatoms. The monoisotopic (exact) mass is 708 g/mol. The van der Waals surface area contributed by atoms with Gasteiger partial charge in [-0.25, -0.2) is 9.78 Å². The second-order valence-corrected chi connectivity index (χ2v) is 13.3. The first-order valence-corrected chi connectivity index (χ1v) is 15.5. The van der Waals surface area contributed by atoms with Crippen LogP contribution in [0.5, 0.6) is 0 Å². The highest BCUT2D eigenvalue weighted by molar-refractivity contribution is 9.10.